The summed E-state index contributed by atoms with van der Waals surface area (Å²) in [5.41, 5.74) is 2.16. The first-order valence-corrected chi connectivity index (χ1v) is 8.85. The third-order valence-electron chi connectivity index (χ3n) is 4.22. The van der Waals surface area contributed by atoms with Gasteiger partial charge in [-0.2, -0.15) is 0 Å². The minimum Gasteiger partial charge on any atom is -0.355 e. The highest BCUT2D eigenvalue weighted by atomic mass is 32.1. The molecule has 0 unspecified atom stereocenters. The summed E-state index contributed by atoms with van der Waals surface area (Å²) in [5.74, 6) is 1.96. The van der Waals surface area contributed by atoms with Gasteiger partial charge in [0, 0.05) is 18.7 Å². The molecule has 0 N–H and O–H groups in total. The maximum atomic E-state index is 4.93. The molecule has 1 fully saturated rings. The number of aromatic nitrogens is 2. The summed E-state index contributed by atoms with van der Waals surface area (Å²) in [6.07, 6.45) is 5.19. The van der Waals surface area contributed by atoms with Gasteiger partial charge in [0.15, 0.2) is 11.6 Å². The second kappa shape index (κ2) is 6.05. The molecule has 4 heteroatoms. The molecular weight excluding hydrogens is 290 g/mol. The zero-order valence-corrected chi connectivity index (χ0v) is 13.4. The van der Waals surface area contributed by atoms with E-state index in [9.17, 15) is 0 Å². The average molecular weight is 309 g/mol. The molecular formula is C18H19N3S. The quantitative estimate of drug-likeness (QED) is 0.684. The number of anilines is 1. The number of nitrogens with zero attached hydrogens (tertiary/aromatic N) is 3. The second-order valence-electron chi connectivity index (χ2n) is 5.77. The molecule has 3 heterocycles. The van der Waals surface area contributed by atoms with Crippen LogP contribution >= 0.6 is 11.3 Å². The molecule has 22 heavy (non-hydrogen) atoms. The van der Waals surface area contributed by atoms with E-state index in [1.54, 1.807) is 11.3 Å². The van der Waals surface area contributed by atoms with Crippen molar-refractivity contribution in [3.05, 3.63) is 41.8 Å². The second-order valence-corrected chi connectivity index (χ2v) is 6.69. The van der Waals surface area contributed by atoms with Crippen LogP contribution in [0, 0.1) is 0 Å². The first-order valence-electron chi connectivity index (χ1n) is 7.97. The van der Waals surface area contributed by atoms with Gasteiger partial charge < -0.3 is 4.90 Å². The highest BCUT2D eigenvalue weighted by Gasteiger charge is 2.17. The molecule has 1 aromatic carbocycles. The maximum Gasteiger partial charge on any atom is 0.162 e. The highest BCUT2D eigenvalue weighted by molar-refractivity contribution is 7.17. The Hall–Kier alpha value is -1.94. The van der Waals surface area contributed by atoms with E-state index in [2.05, 4.69) is 28.5 Å². The van der Waals surface area contributed by atoms with Crippen LogP contribution in [0.4, 0.5) is 5.82 Å². The monoisotopic (exact) mass is 309 g/mol. The normalized spacial score (nSPS) is 15.9. The zero-order chi connectivity index (χ0) is 14.8. The van der Waals surface area contributed by atoms with Gasteiger partial charge in [-0.15, -0.1) is 11.3 Å². The molecule has 4 rings (SSSR count). The van der Waals surface area contributed by atoms with Crippen molar-refractivity contribution in [3.63, 3.8) is 0 Å². The van der Waals surface area contributed by atoms with Crippen molar-refractivity contribution in [2.75, 3.05) is 18.0 Å². The van der Waals surface area contributed by atoms with Crippen molar-refractivity contribution in [1.29, 1.82) is 0 Å². The van der Waals surface area contributed by atoms with Crippen LogP contribution < -0.4 is 4.90 Å². The predicted molar refractivity (Wildman–Crippen MR) is 93.5 cm³/mol. The topological polar surface area (TPSA) is 29.0 Å². The summed E-state index contributed by atoms with van der Waals surface area (Å²) in [5, 5.41) is 2.12. The van der Waals surface area contributed by atoms with E-state index in [1.165, 1.54) is 30.4 Å². The summed E-state index contributed by atoms with van der Waals surface area (Å²) >= 11 is 1.75. The fourth-order valence-corrected chi connectivity index (χ4v) is 3.91. The lowest BCUT2D eigenvalue weighted by Gasteiger charge is -2.22. The standard InChI is InChI=1S/C18H19N3S/c1-2-7-12-21(11-6-1)18-16-15(10-13-22-16)19-17(20-18)14-8-4-3-5-9-14/h3-5,8-10,13H,1-2,6-7,11-12H2. The number of hydrogen-bond acceptors (Lipinski definition) is 4. The van der Waals surface area contributed by atoms with Crippen molar-refractivity contribution in [1.82, 2.24) is 9.97 Å². The Labute approximate surface area is 134 Å². The predicted octanol–water partition coefficient (Wildman–Crippen LogP) is 4.74. The Morgan fingerprint density at radius 3 is 2.41 bits per heavy atom. The SMILES string of the molecule is c1ccc(-c2nc(N3CCCCCC3)c3sccc3n2)cc1. The van der Waals surface area contributed by atoms with E-state index < -0.39 is 0 Å². The lowest BCUT2D eigenvalue weighted by molar-refractivity contribution is 0.726. The molecule has 0 radical (unpaired) electrons. The fraction of sp³-hybridized carbons (Fsp3) is 0.333. The van der Waals surface area contributed by atoms with Crippen molar-refractivity contribution < 1.29 is 0 Å². The summed E-state index contributed by atoms with van der Waals surface area (Å²) in [7, 11) is 0. The number of rotatable bonds is 2. The summed E-state index contributed by atoms with van der Waals surface area (Å²) in [4.78, 5) is 12.1. The number of hydrogen-bond donors (Lipinski definition) is 0. The number of benzene rings is 1. The van der Waals surface area contributed by atoms with Crippen molar-refractivity contribution >= 4 is 27.4 Å². The molecule has 0 bridgehead atoms. The van der Waals surface area contributed by atoms with Crippen LogP contribution in [0.5, 0.6) is 0 Å². The molecule has 1 saturated heterocycles. The molecule has 0 atom stereocenters. The molecule has 0 amide bonds. The number of fused-ring (bicyclic) bond motifs is 1. The van der Waals surface area contributed by atoms with E-state index in [-0.39, 0.29) is 0 Å². The molecule has 0 spiro atoms. The van der Waals surface area contributed by atoms with Gasteiger partial charge in [-0.3, -0.25) is 0 Å². The van der Waals surface area contributed by atoms with Gasteiger partial charge in [0.05, 0.1) is 10.2 Å². The Balaban J connectivity index is 1.83. The van der Waals surface area contributed by atoms with Crippen LogP contribution in [0.2, 0.25) is 0 Å². The van der Waals surface area contributed by atoms with E-state index >= 15 is 0 Å². The smallest absolute Gasteiger partial charge is 0.162 e. The third kappa shape index (κ3) is 2.59. The molecule has 1 aliphatic rings. The Bertz CT molecular complexity index is 758. The van der Waals surface area contributed by atoms with Gasteiger partial charge in [-0.25, -0.2) is 9.97 Å². The van der Waals surface area contributed by atoms with E-state index in [0.717, 1.165) is 35.8 Å². The molecule has 3 nitrogen and oxygen atoms in total. The van der Waals surface area contributed by atoms with Gasteiger partial charge in [0.25, 0.3) is 0 Å². The Morgan fingerprint density at radius 2 is 1.64 bits per heavy atom. The average Bonchev–Trinajstić information content (AvgIpc) is 2.88. The lowest BCUT2D eigenvalue weighted by atomic mass is 10.2. The van der Waals surface area contributed by atoms with Crippen LogP contribution in [0.25, 0.3) is 21.6 Å². The van der Waals surface area contributed by atoms with Crippen LogP contribution in [0.3, 0.4) is 0 Å². The highest BCUT2D eigenvalue weighted by Crippen LogP contribution is 2.32. The van der Waals surface area contributed by atoms with Gasteiger partial charge in [-0.1, -0.05) is 43.2 Å². The Morgan fingerprint density at radius 1 is 0.864 bits per heavy atom. The first-order chi connectivity index (χ1) is 10.9. The van der Waals surface area contributed by atoms with E-state index in [1.807, 2.05) is 18.2 Å². The summed E-state index contributed by atoms with van der Waals surface area (Å²) in [6.45, 7) is 2.22. The lowest BCUT2D eigenvalue weighted by Crippen LogP contribution is -2.25. The van der Waals surface area contributed by atoms with Gasteiger partial charge in [-0.05, 0) is 24.3 Å². The fourth-order valence-electron chi connectivity index (χ4n) is 3.06. The summed E-state index contributed by atoms with van der Waals surface area (Å²) in [6, 6.07) is 12.4. The molecule has 0 aliphatic carbocycles. The molecule has 3 aromatic rings. The zero-order valence-electron chi connectivity index (χ0n) is 12.5. The van der Waals surface area contributed by atoms with Gasteiger partial charge in [0.1, 0.15) is 0 Å². The first kappa shape index (κ1) is 13.7. The molecule has 112 valence electrons. The van der Waals surface area contributed by atoms with Crippen molar-refractivity contribution in [3.8, 4) is 11.4 Å². The van der Waals surface area contributed by atoms with Crippen LogP contribution in [-0.4, -0.2) is 23.1 Å². The number of thiophene rings is 1. The largest absolute Gasteiger partial charge is 0.355 e. The van der Waals surface area contributed by atoms with Gasteiger partial charge >= 0.3 is 0 Å². The van der Waals surface area contributed by atoms with E-state index in [4.69, 9.17) is 9.97 Å². The molecule has 0 saturated carbocycles. The van der Waals surface area contributed by atoms with Crippen LogP contribution in [0.1, 0.15) is 25.7 Å². The maximum absolute atomic E-state index is 4.93. The third-order valence-corrected chi connectivity index (χ3v) is 5.12. The van der Waals surface area contributed by atoms with Crippen LogP contribution in [-0.2, 0) is 0 Å². The molecule has 1 aliphatic heterocycles. The summed E-state index contributed by atoms with van der Waals surface area (Å²) < 4.78 is 1.22. The van der Waals surface area contributed by atoms with E-state index in [0.29, 0.717) is 0 Å². The minimum absolute atomic E-state index is 0.839. The minimum atomic E-state index is 0.839. The van der Waals surface area contributed by atoms with Crippen LogP contribution in [0.15, 0.2) is 41.8 Å². The van der Waals surface area contributed by atoms with Gasteiger partial charge in [0.2, 0.25) is 0 Å². The van der Waals surface area contributed by atoms with Crippen molar-refractivity contribution in [2.45, 2.75) is 25.7 Å². The van der Waals surface area contributed by atoms with Crippen molar-refractivity contribution in [2.24, 2.45) is 0 Å². The Kier molecular flexibility index (Phi) is 3.77. The molecule has 2 aromatic heterocycles.